The third-order valence-corrected chi connectivity index (χ3v) is 5.55. The second kappa shape index (κ2) is 13.5. The van der Waals surface area contributed by atoms with Crippen LogP contribution in [0.5, 0.6) is 5.75 Å². The number of benzene rings is 2. The molecule has 0 aliphatic carbocycles. The van der Waals surface area contributed by atoms with Gasteiger partial charge in [0, 0.05) is 30.4 Å². The Balaban J connectivity index is 0.000000332. The number of aromatic nitrogens is 1. The van der Waals surface area contributed by atoms with Crippen LogP contribution in [0.2, 0.25) is 0 Å². The molecule has 0 saturated heterocycles. The van der Waals surface area contributed by atoms with Crippen molar-refractivity contribution in [1.29, 1.82) is 0 Å². The summed E-state index contributed by atoms with van der Waals surface area (Å²) in [5.74, 6) is -0.0504. The second-order valence-corrected chi connectivity index (χ2v) is 9.14. The van der Waals surface area contributed by atoms with Crippen molar-refractivity contribution >= 4 is 39.8 Å². The molecule has 0 aliphatic heterocycles. The largest absolute Gasteiger partial charge is 0.768 e. The molecule has 1 aromatic heterocycles. The lowest BCUT2D eigenvalue weighted by Crippen LogP contribution is -2.11. The van der Waals surface area contributed by atoms with Crippen molar-refractivity contribution in [1.82, 2.24) is 4.57 Å². The number of primary amides is 1. The summed E-state index contributed by atoms with van der Waals surface area (Å²) in [6.45, 7) is 10.1. The Hall–Kier alpha value is -3.43. The third-order valence-electron chi connectivity index (χ3n) is 4.87. The summed E-state index contributed by atoms with van der Waals surface area (Å²) in [5, 5.41) is 0.962. The maximum absolute atomic E-state index is 11.1. The highest BCUT2D eigenvalue weighted by Gasteiger charge is 2.16. The van der Waals surface area contributed by atoms with E-state index in [9.17, 15) is 13.6 Å². The van der Waals surface area contributed by atoms with Crippen molar-refractivity contribution in [2.75, 3.05) is 7.11 Å². The molecule has 1 amide bonds. The normalized spacial score (nSPS) is 12.1. The minimum Gasteiger partial charge on any atom is -0.768 e. The van der Waals surface area contributed by atoms with E-state index in [1.54, 1.807) is 36.6 Å². The molecule has 0 bridgehead atoms. The van der Waals surface area contributed by atoms with Gasteiger partial charge in [0.1, 0.15) is 5.75 Å². The maximum Gasteiger partial charge on any atom is 0.248 e. The lowest BCUT2D eigenvalue weighted by atomic mass is 9.87. The highest BCUT2D eigenvalue weighted by molar-refractivity contribution is 7.79. The number of methoxy groups -OCH3 is 1. The smallest absolute Gasteiger partial charge is 0.248 e. The number of carbonyl (C=O) groups is 1. The molecule has 3 rings (SSSR count). The molecule has 1 heterocycles. The van der Waals surface area contributed by atoms with Crippen LogP contribution in [0.25, 0.3) is 10.9 Å². The Morgan fingerprint density at radius 2 is 1.83 bits per heavy atom. The summed E-state index contributed by atoms with van der Waals surface area (Å²) < 4.78 is 28.8. The van der Waals surface area contributed by atoms with Crippen LogP contribution in [0, 0.1) is 0 Å². The van der Waals surface area contributed by atoms with Crippen molar-refractivity contribution in [2.24, 2.45) is 23.5 Å². The van der Waals surface area contributed by atoms with E-state index in [0.29, 0.717) is 11.3 Å². The van der Waals surface area contributed by atoms with E-state index in [4.69, 9.17) is 16.2 Å². The fourth-order valence-electron chi connectivity index (χ4n) is 3.07. The fourth-order valence-corrected chi connectivity index (χ4v) is 3.60. The lowest BCUT2D eigenvalue weighted by molar-refractivity contribution is 0.100. The highest BCUT2D eigenvalue weighted by atomic mass is 32.2. The van der Waals surface area contributed by atoms with Gasteiger partial charge in [-0.2, -0.15) is 0 Å². The Bertz CT molecular complexity index is 1220. The maximum atomic E-state index is 11.1. The van der Waals surface area contributed by atoms with Crippen molar-refractivity contribution in [3.63, 3.8) is 0 Å². The molecular formula is C26H35N4O4S-. The summed E-state index contributed by atoms with van der Waals surface area (Å²) in [5.41, 5.74) is 13.6. The molecule has 9 heteroatoms. The number of aliphatic imine (C=N–C) groups is 1. The number of hydrogen-bond acceptors (Lipinski definition) is 6. The number of ether oxygens (including phenoxy) is 1. The van der Waals surface area contributed by atoms with Gasteiger partial charge in [0.15, 0.2) is 0 Å². The van der Waals surface area contributed by atoms with Crippen molar-refractivity contribution < 1.29 is 18.3 Å². The van der Waals surface area contributed by atoms with Gasteiger partial charge in [-0.05, 0) is 64.7 Å². The zero-order chi connectivity index (χ0) is 26.8. The van der Waals surface area contributed by atoms with Gasteiger partial charge in [0.2, 0.25) is 5.91 Å². The van der Waals surface area contributed by atoms with Gasteiger partial charge in [0.25, 0.3) is 0 Å². The number of fused-ring (bicyclic) bond motifs is 1. The van der Waals surface area contributed by atoms with Crippen molar-refractivity contribution in [2.45, 2.75) is 44.9 Å². The van der Waals surface area contributed by atoms with Gasteiger partial charge >= 0.3 is 0 Å². The highest BCUT2D eigenvalue weighted by Crippen LogP contribution is 2.30. The van der Waals surface area contributed by atoms with E-state index >= 15 is 0 Å². The molecule has 0 saturated carbocycles. The van der Waals surface area contributed by atoms with Crippen LogP contribution in [-0.2, 0) is 23.5 Å². The first-order chi connectivity index (χ1) is 16.5. The first kappa shape index (κ1) is 29.6. The average Bonchev–Trinajstić information content (AvgIpc) is 3.14. The van der Waals surface area contributed by atoms with Crippen LogP contribution in [0.4, 0.5) is 5.69 Å². The van der Waals surface area contributed by atoms with Gasteiger partial charge in [-0.1, -0.05) is 40.7 Å². The van der Waals surface area contributed by atoms with Crippen LogP contribution >= 0.6 is 0 Å². The molecule has 1 unspecified atom stereocenters. The molecular weight excluding hydrogens is 464 g/mol. The zero-order valence-corrected chi connectivity index (χ0v) is 22.2. The average molecular weight is 500 g/mol. The van der Waals surface area contributed by atoms with Gasteiger partial charge in [-0.25, -0.2) is 0 Å². The van der Waals surface area contributed by atoms with E-state index in [2.05, 4.69) is 4.99 Å². The van der Waals surface area contributed by atoms with Gasteiger partial charge in [-0.3, -0.25) is 14.0 Å². The molecule has 8 nitrogen and oxygen atoms in total. The number of amides is 1. The Morgan fingerprint density at radius 3 is 2.34 bits per heavy atom. The molecule has 4 N–H and O–H groups in total. The topological polar surface area (TPSA) is 136 Å². The predicted octanol–water partition coefficient (Wildman–Crippen LogP) is 4.71. The van der Waals surface area contributed by atoms with E-state index < -0.39 is 17.0 Å². The molecule has 3 aromatic rings. The van der Waals surface area contributed by atoms with Crippen LogP contribution in [0.1, 0.15) is 50.5 Å². The molecule has 0 fully saturated rings. The van der Waals surface area contributed by atoms with Gasteiger partial charge in [0.05, 0.1) is 23.2 Å². The van der Waals surface area contributed by atoms with Gasteiger partial charge in [-0.15, -0.1) is 0 Å². The van der Waals surface area contributed by atoms with E-state index in [1.165, 1.54) is 13.3 Å². The van der Waals surface area contributed by atoms with E-state index in [-0.39, 0.29) is 10.3 Å². The summed E-state index contributed by atoms with van der Waals surface area (Å²) in [6, 6.07) is 10.5. The van der Waals surface area contributed by atoms with Crippen LogP contribution in [0.3, 0.4) is 0 Å². The molecule has 1 atom stereocenters. The SMILES string of the molecule is CC.COc1ccc(C(C)(C)C)cc1S(=O)[O-].Cn1cc(N=C/C=C\N)c2ccc(C(N)=O)cc21. The first-order valence-corrected chi connectivity index (χ1v) is 12.1. The number of allylic oxidation sites excluding steroid dienone is 1. The Kier molecular flexibility index (Phi) is 11.4. The number of nitrogens with two attached hydrogens (primary N) is 2. The first-order valence-electron chi connectivity index (χ1n) is 11.1. The lowest BCUT2D eigenvalue weighted by Gasteiger charge is -2.21. The van der Waals surface area contributed by atoms with Crippen molar-refractivity contribution in [3.05, 3.63) is 66.0 Å². The van der Waals surface area contributed by atoms with E-state index in [0.717, 1.165) is 22.2 Å². The molecule has 0 radical (unpaired) electrons. The van der Waals surface area contributed by atoms with Crippen LogP contribution < -0.4 is 16.2 Å². The van der Waals surface area contributed by atoms with Gasteiger partial charge < -0.3 is 25.3 Å². The number of rotatable bonds is 5. The number of carbonyl (C=O) groups excluding carboxylic acids is 1. The van der Waals surface area contributed by atoms with Crippen molar-refractivity contribution in [3.8, 4) is 5.75 Å². The second-order valence-electron chi connectivity index (χ2n) is 8.23. The molecule has 2 aromatic carbocycles. The molecule has 0 spiro atoms. The monoisotopic (exact) mass is 499 g/mol. The van der Waals surface area contributed by atoms with Crippen LogP contribution in [-0.4, -0.2) is 32.6 Å². The predicted molar refractivity (Wildman–Crippen MR) is 143 cm³/mol. The van der Waals surface area contributed by atoms with Crippen LogP contribution in [0.15, 0.2) is 64.8 Å². The summed E-state index contributed by atoms with van der Waals surface area (Å²) in [7, 11) is 3.35. The Labute approximate surface area is 210 Å². The number of hydrogen-bond donors (Lipinski definition) is 2. The molecule has 0 aliphatic rings. The quantitative estimate of drug-likeness (QED) is 0.387. The minimum atomic E-state index is -2.26. The standard InChI is InChI=1S/C13H14N4O.C11H16O3S.C2H6/c1-17-8-11(16-6-2-5-14)10-4-3-9(13(15)18)7-12(10)17;1-11(2,3)8-5-6-9(14-4)10(7-8)15(12)13;1-2/h2-8H,14H2,1H3,(H2,15,18);5-7H,1-4H3,(H,12,13);1-2H3/p-1/b5-2-,16-6?;;. The third kappa shape index (κ3) is 8.08. The Morgan fingerprint density at radius 1 is 1.17 bits per heavy atom. The fraction of sp³-hybridized carbons (Fsp3) is 0.308. The van der Waals surface area contributed by atoms with E-state index in [1.807, 2.05) is 64.6 Å². The summed E-state index contributed by atoms with van der Waals surface area (Å²) in [6.07, 6.45) is 6.57. The summed E-state index contributed by atoms with van der Waals surface area (Å²) in [4.78, 5) is 15.6. The minimum absolute atomic E-state index is 0.0691. The zero-order valence-electron chi connectivity index (χ0n) is 21.4. The molecule has 35 heavy (non-hydrogen) atoms. The number of aryl methyl sites for hydroxylation is 1. The number of nitrogens with zero attached hydrogens (tertiary/aromatic N) is 2. The summed E-state index contributed by atoms with van der Waals surface area (Å²) >= 11 is -2.26. The molecule has 190 valence electrons.